The maximum absolute atomic E-state index is 15.3. The first-order valence-electron chi connectivity index (χ1n) is 14.4. The molecule has 0 aliphatic carbocycles. The molecule has 8 heteroatoms. The summed E-state index contributed by atoms with van der Waals surface area (Å²) in [7, 11) is 0. The third-order valence-corrected chi connectivity index (χ3v) is 8.13. The predicted molar refractivity (Wildman–Crippen MR) is 155 cm³/mol. The van der Waals surface area contributed by atoms with E-state index in [0.29, 0.717) is 11.3 Å². The number of nitrogens with zero attached hydrogens (tertiary/aromatic N) is 3. The minimum atomic E-state index is -0.587. The van der Waals surface area contributed by atoms with Gasteiger partial charge in [-0.3, -0.25) is 9.59 Å². The summed E-state index contributed by atoms with van der Waals surface area (Å²) in [6, 6.07) is 11.9. The summed E-state index contributed by atoms with van der Waals surface area (Å²) >= 11 is 0. The van der Waals surface area contributed by atoms with Crippen molar-refractivity contribution in [1.82, 2.24) is 15.1 Å². The van der Waals surface area contributed by atoms with Gasteiger partial charge in [0.25, 0.3) is 5.91 Å². The van der Waals surface area contributed by atoms with Gasteiger partial charge in [-0.05, 0) is 115 Å². The van der Waals surface area contributed by atoms with Crippen molar-refractivity contribution in [3.05, 3.63) is 59.4 Å². The normalized spacial score (nSPS) is 17.5. The molecule has 39 heavy (non-hydrogen) atoms. The fourth-order valence-corrected chi connectivity index (χ4v) is 6.17. The summed E-state index contributed by atoms with van der Waals surface area (Å²) in [5, 5.41) is 3.44. The van der Waals surface area contributed by atoms with Gasteiger partial charge in [0.15, 0.2) is 0 Å². The van der Waals surface area contributed by atoms with Crippen LogP contribution in [0, 0.1) is 11.7 Å². The Morgan fingerprint density at radius 3 is 2.10 bits per heavy atom. The lowest BCUT2D eigenvalue weighted by Gasteiger charge is -2.41. The van der Waals surface area contributed by atoms with Crippen LogP contribution in [0.4, 0.5) is 15.8 Å². The molecule has 2 heterocycles. The van der Waals surface area contributed by atoms with E-state index >= 15 is 4.39 Å². The Labute approximate surface area is 232 Å². The zero-order valence-corrected chi connectivity index (χ0v) is 23.8. The minimum Gasteiger partial charge on any atom is -0.366 e. The Balaban J connectivity index is 1.60. The van der Waals surface area contributed by atoms with Crippen molar-refractivity contribution < 1.29 is 14.0 Å². The number of piperidine rings is 2. The number of likely N-dealkylation sites (tertiary alicyclic amines) is 1. The van der Waals surface area contributed by atoms with Crippen LogP contribution < -0.4 is 16.0 Å². The SMILES string of the molecule is CC(C)N(C(=O)c1ccc(N(c2cc(C(N)=O)ccc2F)C2CCN(CC3CCNCC3)CC2)cc1)C(C)C. The van der Waals surface area contributed by atoms with Gasteiger partial charge >= 0.3 is 0 Å². The third-order valence-electron chi connectivity index (χ3n) is 8.13. The summed E-state index contributed by atoms with van der Waals surface area (Å²) in [6.45, 7) is 13.2. The van der Waals surface area contributed by atoms with Gasteiger partial charge < -0.3 is 25.8 Å². The van der Waals surface area contributed by atoms with Gasteiger partial charge in [-0.25, -0.2) is 4.39 Å². The quantitative estimate of drug-likeness (QED) is 0.481. The molecular formula is C31H44FN5O2. The van der Waals surface area contributed by atoms with E-state index in [9.17, 15) is 9.59 Å². The van der Waals surface area contributed by atoms with Gasteiger partial charge in [-0.2, -0.15) is 0 Å². The number of carbonyl (C=O) groups is 2. The van der Waals surface area contributed by atoms with Crippen LogP contribution in [0.15, 0.2) is 42.5 Å². The first-order chi connectivity index (χ1) is 18.7. The van der Waals surface area contributed by atoms with Crippen LogP contribution in [-0.4, -0.2) is 72.5 Å². The summed E-state index contributed by atoms with van der Waals surface area (Å²) in [4.78, 5) is 31.6. The molecule has 0 spiro atoms. The Morgan fingerprint density at radius 2 is 1.54 bits per heavy atom. The maximum Gasteiger partial charge on any atom is 0.254 e. The van der Waals surface area contributed by atoms with Crippen molar-refractivity contribution in [1.29, 1.82) is 0 Å². The Morgan fingerprint density at radius 1 is 0.949 bits per heavy atom. The second-order valence-electron chi connectivity index (χ2n) is 11.6. The Bertz CT molecular complexity index is 1110. The molecule has 0 saturated carbocycles. The van der Waals surface area contributed by atoms with Gasteiger partial charge in [0.05, 0.1) is 5.69 Å². The highest BCUT2D eigenvalue weighted by atomic mass is 19.1. The van der Waals surface area contributed by atoms with Crippen LogP contribution in [0.5, 0.6) is 0 Å². The van der Waals surface area contributed by atoms with E-state index < -0.39 is 11.7 Å². The van der Waals surface area contributed by atoms with Crippen molar-refractivity contribution >= 4 is 23.2 Å². The Hall–Kier alpha value is -2.97. The first-order valence-corrected chi connectivity index (χ1v) is 14.4. The molecule has 2 aromatic rings. The summed E-state index contributed by atoms with van der Waals surface area (Å²) in [5.41, 5.74) is 7.57. The molecule has 2 aliphatic heterocycles. The highest BCUT2D eigenvalue weighted by molar-refractivity contribution is 5.95. The van der Waals surface area contributed by atoms with Crippen LogP contribution >= 0.6 is 0 Å². The van der Waals surface area contributed by atoms with E-state index in [1.54, 1.807) is 6.07 Å². The molecule has 2 saturated heterocycles. The number of hydrogen-bond acceptors (Lipinski definition) is 5. The molecule has 0 bridgehead atoms. The molecule has 7 nitrogen and oxygen atoms in total. The van der Waals surface area contributed by atoms with Crippen LogP contribution in [0.1, 0.15) is 74.1 Å². The van der Waals surface area contributed by atoms with Crippen molar-refractivity contribution in [3.8, 4) is 0 Å². The van der Waals surface area contributed by atoms with Gasteiger partial charge in [0.2, 0.25) is 5.91 Å². The number of primary amides is 1. The lowest BCUT2D eigenvalue weighted by atomic mass is 9.95. The lowest BCUT2D eigenvalue weighted by molar-refractivity contribution is 0.0643. The van der Waals surface area contributed by atoms with E-state index in [-0.39, 0.29) is 29.6 Å². The zero-order chi connectivity index (χ0) is 28.1. The standard InChI is InChI=1S/C31H44FN5O2/c1-21(2)36(22(3)4)31(39)24-5-8-26(9-6-24)37(29-19-25(30(33)38)7-10-28(29)32)27-13-17-35(18-14-27)20-23-11-15-34-16-12-23/h5-10,19,21-23,27,34H,11-18,20H2,1-4H3,(H2,33,38). The fourth-order valence-electron chi connectivity index (χ4n) is 6.17. The monoisotopic (exact) mass is 537 g/mol. The molecular weight excluding hydrogens is 493 g/mol. The number of rotatable bonds is 9. The first kappa shape index (κ1) is 29.0. The molecule has 2 fully saturated rings. The van der Waals surface area contributed by atoms with Crippen LogP contribution in [0.3, 0.4) is 0 Å². The van der Waals surface area contributed by atoms with Crippen molar-refractivity contribution in [3.63, 3.8) is 0 Å². The van der Waals surface area contributed by atoms with Gasteiger partial charge in [0, 0.05) is 54.6 Å². The highest BCUT2D eigenvalue weighted by Crippen LogP contribution is 2.35. The van der Waals surface area contributed by atoms with Crippen molar-refractivity contribution in [2.75, 3.05) is 37.6 Å². The molecule has 4 rings (SSSR count). The maximum atomic E-state index is 15.3. The van der Waals surface area contributed by atoms with Gasteiger partial charge in [-0.1, -0.05) is 0 Å². The van der Waals surface area contributed by atoms with E-state index in [1.807, 2.05) is 61.8 Å². The minimum absolute atomic E-state index is 0.0220. The largest absolute Gasteiger partial charge is 0.366 e. The molecule has 0 atom stereocenters. The molecule has 2 aliphatic rings. The van der Waals surface area contributed by atoms with Gasteiger partial charge in [0.1, 0.15) is 5.82 Å². The van der Waals surface area contributed by atoms with E-state index in [4.69, 9.17) is 5.73 Å². The summed E-state index contributed by atoms with van der Waals surface area (Å²) in [5.74, 6) is -0.282. The zero-order valence-electron chi connectivity index (χ0n) is 23.8. The molecule has 212 valence electrons. The number of anilines is 2. The molecule has 0 radical (unpaired) electrons. The predicted octanol–water partition coefficient (Wildman–Crippen LogP) is 4.79. The topological polar surface area (TPSA) is 81.9 Å². The molecule has 0 aromatic heterocycles. The second-order valence-corrected chi connectivity index (χ2v) is 11.6. The van der Waals surface area contributed by atoms with E-state index in [0.717, 1.165) is 57.2 Å². The average molecular weight is 538 g/mol. The number of amides is 2. The van der Waals surface area contributed by atoms with Crippen molar-refractivity contribution in [2.24, 2.45) is 11.7 Å². The highest BCUT2D eigenvalue weighted by Gasteiger charge is 2.30. The summed E-state index contributed by atoms with van der Waals surface area (Å²) in [6.07, 6.45) is 4.18. The van der Waals surface area contributed by atoms with E-state index in [2.05, 4.69) is 10.2 Å². The number of hydrogen-bond donors (Lipinski definition) is 2. The lowest BCUT2D eigenvalue weighted by Crippen LogP contribution is -2.46. The number of carbonyl (C=O) groups excluding carboxylic acids is 2. The van der Waals surface area contributed by atoms with Crippen LogP contribution in [0.25, 0.3) is 0 Å². The number of halogens is 1. The van der Waals surface area contributed by atoms with Crippen molar-refractivity contribution in [2.45, 2.75) is 71.5 Å². The summed E-state index contributed by atoms with van der Waals surface area (Å²) < 4.78 is 15.3. The molecule has 2 aromatic carbocycles. The smallest absolute Gasteiger partial charge is 0.254 e. The number of nitrogens with two attached hydrogens (primary N) is 1. The van der Waals surface area contributed by atoms with Gasteiger partial charge in [-0.15, -0.1) is 0 Å². The Kier molecular flexibility index (Phi) is 9.62. The number of nitrogens with one attached hydrogen (secondary N) is 1. The van der Waals surface area contributed by atoms with E-state index in [1.165, 1.54) is 25.0 Å². The molecule has 2 amide bonds. The third kappa shape index (κ3) is 6.97. The average Bonchev–Trinajstić information content (AvgIpc) is 2.91. The van der Waals surface area contributed by atoms with Crippen LogP contribution in [0.2, 0.25) is 0 Å². The fraction of sp³-hybridized carbons (Fsp3) is 0.548. The number of benzene rings is 2. The molecule has 3 N–H and O–H groups in total. The second kappa shape index (κ2) is 12.9. The van der Waals surface area contributed by atoms with Crippen LogP contribution in [-0.2, 0) is 0 Å². The molecule has 0 unspecified atom stereocenters.